The Kier molecular flexibility index (Phi) is 14.1. The van der Waals surface area contributed by atoms with Gasteiger partial charge >= 0.3 is 6.09 Å². The van der Waals surface area contributed by atoms with E-state index in [0.29, 0.717) is 40.4 Å². The molecule has 0 spiro atoms. The zero-order chi connectivity index (χ0) is 39.4. The maximum absolute atomic E-state index is 14.2. The number of anilines is 2. The van der Waals surface area contributed by atoms with Crippen LogP contribution in [-0.4, -0.2) is 53.5 Å². The van der Waals surface area contributed by atoms with Crippen LogP contribution in [0.2, 0.25) is 0 Å². The summed E-state index contributed by atoms with van der Waals surface area (Å²) >= 11 is 0. The number of carbonyl (C=O) groups is 3. The van der Waals surface area contributed by atoms with Crippen LogP contribution >= 0.6 is 0 Å². The molecule has 5 rings (SSSR count). The van der Waals surface area contributed by atoms with Gasteiger partial charge in [-0.05, 0) is 80.1 Å². The monoisotopic (exact) mass is 744 g/mol. The molecule has 1 heterocycles. The van der Waals surface area contributed by atoms with Crippen molar-refractivity contribution in [2.75, 3.05) is 29.9 Å². The minimum atomic E-state index is -0.707. The summed E-state index contributed by atoms with van der Waals surface area (Å²) in [4.78, 5) is 42.4. The molecule has 0 saturated carbocycles. The number of quaternary nitrogens is 1. The van der Waals surface area contributed by atoms with Gasteiger partial charge in [-0.2, -0.15) is 0 Å². The van der Waals surface area contributed by atoms with E-state index in [-0.39, 0.29) is 17.7 Å². The summed E-state index contributed by atoms with van der Waals surface area (Å²) < 4.78 is 12.3. The van der Waals surface area contributed by atoms with Crippen LogP contribution in [0, 0.1) is 0 Å². The predicted molar refractivity (Wildman–Crippen MR) is 221 cm³/mol. The first-order chi connectivity index (χ1) is 26.4. The number of nitrogens with one attached hydrogen (secondary N) is 1. The number of carbonyl (C=O) groups excluding carboxylic acids is 3. The average molecular weight is 745 g/mol. The molecule has 4 aromatic rings. The van der Waals surface area contributed by atoms with E-state index in [2.05, 4.69) is 67.7 Å². The van der Waals surface area contributed by atoms with Gasteiger partial charge in [-0.25, -0.2) is 4.79 Å². The Balaban J connectivity index is 1.40. The zero-order valence-corrected chi connectivity index (χ0v) is 33.4. The SMILES string of the molecule is CCC(=O)N(c1ccccc1)C1CC[N+](/C=C/C(=O)c2cc(OCc3ccc(C(C)CC)cc3)ccc2NC(=O)OC(C)(C)C)(CCc2ccccc2)CC1. The number of hydrogen-bond acceptors (Lipinski definition) is 5. The summed E-state index contributed by atoms with van der Waals surface area (Å²) in [5.41, 5.74) is 4.42. The second-order valence-corrected chi connectivity index (χ2v) is 15.7. The Morgan fingerprint density at radius 3 is 2.15 bits per heavy atom. The van der Waals surface area contributed by atoms with Gasteiger partial charge < -0.3 is 14.4 Å². The minimum Gasteiger partial charge on any atom is -0.489 e. The van der Waals surface area contributed by atoms with Gasteiger partial charge in [-0.15, -0.1) is 0 Å². The first kappa shape index (κ1) is 41.0. The molecule has 1 saturated heterocycles. The molecule has 8 heteroatoms. The zero-order valence-electron chi connectivity index (χ0n) is 33.4. The van der Waals surface area contributed by atoms with E-state index in [1.807, 2.05) is 54.4 Å². The van der Waals surface area contributed by atoms with Crippen molar-refractivity contribution in [3.05, 3.63) is 138 Å². The standard InChI is InChI=1S/C47H57N3O5/c1-7-35(3)38-21-19-37(20-22-38)34-54-41-23-24-43(48-46(53)55-47(4,5)6)42(33-41)44(51)28-32-50(29-25-36-15-11-9-12-16-36)30-26-40(27-31-50)49(45(52)8-2)39-17-13-10-14-18-39/h9-24,28,32-33,35,40H,7-8,25-27,29-31,34H2,1-6H3/p+1/b32-28+. The normalized spacial score (nSPS) is 17.7. The molecule has 290 valence electrons. The molecule has 1 N–H and O–H groups in total. The van der Waals surface area contributed by atoms with Crippen molar-refractivity contribution in [2.45, 2.75) is 97.8 Å². The Labute approximate surface area is 327 Å². The van der Waals surface area contributed by atoms with Gasteiger partial charge in [0.1, 0.15) is 18.0 Å². The van der Waals surface area contributed by atoms with Gasteiger partial charge in [0.15, 0.2) is 5.78 Å². The van der Waals surface area contributed by atoms with Crippen molar-refractivity contribution in [3.8, 4) is 5.75 Å². The molecule has 4 aromatic carbocycles. The van der Waals surface area contributed by atoms with E-state index in [9.17, 15) is 14.4 Å². The maximum atomic E-state index is 14.2. The molecular formula is C47H58N3O5+. The summed E-state index contributed by atoms with van der Waals surface area (Å²) in [6, 6.07) is 34.0. The number of hydrogen-bond donors (Lipinski definition) is 1. The van der Waals surface area contributed by atoms with Gasteiger partial charge in [0.2, 0.25) is 5.91 Å². The lowest BCUT2D eigenvalue weighted by Gasteiger charge is -2.44. The van der Waals surface area contributed by atoms with Crippen LogP contribution in [0.15, 0.2) is 115 Å². The molecule has 1 atom stereocenters. The van der Waals surface area contributed by atoms with E-state index in [4.69, 9.17) is 9.47 Å². The number of para-hydroxylation sites is 1. The minimum absolute atomic E-state index is 0.0617. The topological polar surface area (TPSA) is 84.9 Å². The van der Waals surface area contributed by atoms with Gasteiger partial charge in [0.05, 0.1) is 31.5 Å². The summed E-state index contributed by atoms with van der Waals surface area (Å²) in [5, 5.41) is 2.80. The number of allylic oxidation sites excluding steroid dienone is 1. The lowest BCUT2D eigenvalue weighted by Crippen LogP contribution is -2.55. The van der Waals surface area contributed by atoms with E-state index >= 15 is 0 Å². The van der Waals surface area contributed by atoms with Gasteiger partial charge in [-0.1, -0.05) is 93.6 Å². The van der Waals surface area contributed by atoms with Crippen LogP contribution in [0.4, 0.5) is 16.2 Å². The smallest absolute Gasteiger partial charge is 0.412 e. The fourth-order valence-corrected chi connectivity index (χ4v) is 7.09. The molecule has 1 fully saturated rings. The van der Waals surface area contributed by atoms with Crippen LogP contribution in [0.25, 0.3) is 0 Å². The summed E-state index contributed by atoms with van der Waals surface area (Å²) in [6.45, 7) is 14.4. The highest BCUT2D eigenvalue weighted by molar-refractivity contribution is 6.10. The number of ether oxygens (including phenoxy) is 2. The van der Waals surface area contributed by atoms with Crippen LogP contribution in [-0.2, 0) is 22.6 Å². The Morgan fingerprint density at radius 1 is 0.873 bits per heavy atom. The number of benzene rings is 4. The van der Waals surface area contributed by atoms with Crippen LogP contribution in [0.3, 0.4) is 0 Å². The quantitative estimate of drug-likeness (QED) is 0.0744. The average Bonchev–Trinajstić information content (AvgIpc) is 3.19. The van der Waals surface area contributed by atoms with E-state index in [1.54, 1.807) is 45.0 Å². The summed E-state index contributed by atoms with van der Waals surface area (Å²) in [5.74, 6) is 0.872. The second kappa shape index (κ2) is 18.9. The molecular weight excluding hydrogens is 687 g/mol. The van der Waals surface area contributed by atoms with E-state index < -0.39 is 11.7 Å². The van der Waals surface area contributed by atoms with Gasteiger partial charge in [0, 0.05) is 49.1 Å². The Bertz CT molecular complexity index is 1890. The van der Waals surface area contributed by atoms with Crippen molar-refractivity contribution in [1.29, 1.82) is 0 Å². The molecule has 2 amide bonds. The third-order valence-electron chi connectivity index (χ3n) is 10.5. The molecule has 1 unspecified atom stereocenters. The van der Waals surface area contributed by atoms with E-state index in [0.717, 1.165) is 56.6 Å². The number of piperidine rings is 1. The van der Waals surface area contributed by atoms with Crippen molar-refractivity contribution in [1.82, 2.24) is 0 Å². The number of likely N-dealkylation sites (tertiary alicyclic amines) is 1. The second-order valence-electron chi connectivity index (χ2n) is 15.7. The molecule has 0 aliphatic carbocycles. The Morgan fingerprint density at radius 2 is 1.53 bits per heavy atom. The van der Waals surface area contributed by atoms with Crippen molar-refractivity contribution >= 4 is 29.2 Å². The largest absolute Gasteiger partial charge is 0.489 e. The maximum Gasteiger partial charge on any atom is 0.412 e. The number of ketones is 1. The highest BCUT2D eigenvalue weighted by atomic mass is 16.6. The van der Waals surface area contributed by atoms with E-state index in [1.165, 1.54) is 11.1 Å². The predicted octanol–water partition coefficient (Wildman–Crippen LogP) is 10.5. The molecule has 55 heavy (non-hydrogen) atoms. The first-order valence-corrected chi connectivity index (χ1v) is 19.7. The number of nitrogens with zero attached hydrogens (tertiary/aromatic N) is 2. The van der Waals surface area contributed by atoms with Gasteiger partial charge in [-0.3, -0.25) is 19.4 Å². The van der Waals surface area contributed by atoms with Crippen molar-refractivity contribution in [2.24, 2.45) is 0 Å². The molecule has 8 nitrogen and oxygen atoms in total. The fourth-order valence-electron chi connectivity index (χ4n) is 7.09. The molecule has 0 bridgehead atoms. The summed E-state index contributed by atoms with van der Waals surface area (Å²) in [7, 11) is 0. The lowest BCUT2D eigenvalue weighted by atomic mass is 9.98. The molecule has 0 aromatic heterocycles. The summed E-state index contributed by atoms with van der Waals surface area (Å²) in [6.07, 6.45) is 6.96. The van der Waals surface area contributed by atoms with Crippen molar-refractivity contribution in [3.63, 3.8) is 0 Å². The Hall–Kier alpha value is -5.21. The molecule has 1 aliphatic heterocycles. The number of amides is 2. The highest BCUT2D eigenvalue weighted by Gasteiger charge is 2.37. The fraction of sp³-hybridized carbons (Fsp3) is 0.383. The molecule has 1 aliphatic rings. The van der Waals surface area contributed by atoms with Gasteiger partial charge in [0.25, 0.3) is 0 Å². The van der Waals surface area contributed by atoms with Crippen LogP contribution in [0.5, 0.6) is 5.75 Å². The van der Waals surface area contributed by atoms with Crippen molar-refractivity contribution < 1.29 is 28.3 Å². The first-order valence-electron chi connectivity index (χ1n) is 19.7. The van der Waals surface area contributed by atoms with Crippen LogP contribution in [0.1, 0.15) is 100 Å². The molecule has 0 radical (unpaired) electrons. The third kappa shape index (κ3) is 11.6. The van der Waals surface area contributed by atoms with Crippen LogP contribution < -0.4 is 15.0 Å². The number of rotatable bonds is 15. The highest BCUT2D eigenvalue weighted by Crippen LogP contribution is 2.30. The lowest BCUT2D eigenvalue weighted by molar-refractivity contribution is -0.884. The third-order valence-corrected chi connectivity index (χ3v) is 10.5.